The Balaban J connectivity index is 0.00000264. The highest BCUT2D eigenvalue weighted by atomic mass is 127. The molecule has 2 rings (SSSR count). The maximum atomic E-state index is 13.0. The largest absolute Gasteiger partial charge is 0.492 e. The number of benzene rings is 1. The first-order valence-corrected chi connectivity index (χ1v) is 8.88. The predicted molar refractivity (Wildman–Crippen MR) is 107 cm³/mol. The standard InChI is InChI=1S/C16H24FN3OS.HI/c1-18-16(20-13-6-7-15(11-13)22-2)19-8-9-21-14-5-3-4-12(17)10-14;/h3-5,10,13,15H,6-9,11H2,1-2H3,(H2,18,19,20);1H. The highest BCUT2D eigenvalue weighted by Crippen LogP contribution is 2.27. The van der Waals surface area contributed by atoms with E-state index in [2.05, 4.69) is 21.9 Å². The second-order valence-electron chi connectivity index (χ2n) is 5.32. The smallest absolute Gasteiger partial charge is 0.191 e. The van der Waals surface area contributed by atoms with Crippen molar-refractivity contribution < 1.29 is 9.13 Å². The average Bonchev–Trinajstić information content (AvgIpc) is 2.98. The van der Waals surface area contributed by atoms with Crippen molar-refractivity contribution in [3.63, 3.8) is 0 Å². The van der Waals surface area contributed by atoms with E-state index in [0.717, 1.165) is 11.2 Å². The summed E-state index contributed by atoms with van der Waals surface area (Å²) in [6, 6.07) is 6.67. The summed E-state index contributed by atoms with van der Waals surface area (Å²) in [6.45, 7) is 1.08. The Morgan fingerprint density at radius 1 is 1.43 bits per heavy atom. The molecule has 1 fully saturated rings. The molecule has 4 nitrogen and oxygen atoms in total. The van der Waals surface area contributed by atoms with Gasteiger partial charge in [-0.25, -0.2) is 4.39 Å². The number of nitrogens with zero attached hydrogens (tertiary/aromatic N) is 1. The van der Waals surface area contributed by atoms with Crippen LogP contribution in [-0.2, 0) is 0 Å². The first kappa shape index (κ1) is 20.3. The number of aliphatic imine (C=N–C) groups is 1. The van der Waals surface area contributed by atoms with Crippen LogP contribution >= 0.6 is 35.7 Å². The molecule has 2 unspecified atom stereocenters. The van der Waals surface area contributed by atoms with Gasteiger partial charge in [-0.1, -0.05) is 6.07 Å². The van der Waals surface area contributed by atoms with Gasteiger partial charge in [0, 0.05) is 24.4 Å². The van der Waals surface area contributed by atoms with Gasteiger partial charge in [-0.3, -0.25) is 4.99 Å². The maximum Gasteiger partial charge on any atom is 0.191 e. The van der Waals surface area contributed by atoms with Gasteiger partial charge in [0.1, 0.15) is 18.2 Å². The lowest BCUT2D eigenvalue weighted by molar-refractivity contribution is 0.320. The molecular formula is C16H25FIN3OS. The van der Waals surface area contributed by atoms with Crippen LogP contribution < -0.4 is 15.4 Å². The van der Waals surface area contributed by atoms with Crippen molar-refractivity contribution in [1.82, 2.24) is 10.6 Å². The molecule has 0 radical (unpaired) electrons. The third-order valence-electron chi connectivity index (χ3n) is 3.74. The molecule has 0 aliphatic heterocycles. The molecule has 1 aliphatic rings. The van der Waals surface area contributed by atoms with E-state index in [1.165, 1.54) is 31.4 Å². The number of nitrogens with one attached hydrogen (secondary N) is 2. The van der Waals surface area contributed by atoms with Crippen molar-refractivity contribution >= 4 is 41.7 Å². The summed E-state index contributed by atoms with van der Waals surface area (Å²) in [5, 5.41) is 7.43. The van der Waals surface area contributed by atoms with Gasteiger partial charge in [0.2, 0.25) is 0 Å². The molecule has 1 saturated carbocycles. The number of rotatable bonds is 6. The van der Waals surface area contributed by atoms with Crippen LogP contribution in [0.1, 0.15) is 19.3 Å². The first-order chi connectivity index (χ1) is 10.7. The summed E-state index contributed by atoms with van der Waals surface area (Å²) >= 11 is 1.94. The quantitative estimate of drug-likeness (QED) is 0.301. The molecule has 2 N–H and O–H groups in total. The second kappa shape index (κ2) is 11.0. The molecule has 23 heavy (non-hydrogen) atoms. The number of thioether (sulfide) groups is 1. The summed E-state index contributed by atoms with van der Waals surface area (Å²) in [5.41, 5.74) is 0. The third-order valence-corrected chi connectivity index (χ3v) is 4.84. The summed E-state index contributed by atoms with van der Waals surface area (Å²) in [7, 11) is 1.77. The van der Waals surface area contributed by atoms with E-state index >= 15 is 0 Å². The van der Waals surface area contributed by atoms with Gasteiger partial charge in [0.25, 0.3) is 0 Å². The highest BCUT2D eigenvalue weighted by Gasteiger charge is 2.24. The van der Waals surface area contributed by atoms with Crippen molar-refractivity contribution in [3.05, 3.63) is 30.1 Å². The van der Waals surface area contributed by atoms with Crippen molar-refractivity contribution in [2.24, 2.45) is 4.99 Å². The van der Waals surface area contributed by atoms with E-state index in [-0.39, 0.29) is 29.8 Å². The van der Waals surface area contributed by atoms with Crippen LogP contribution in [0.15, 0.2) is 29.3 Å². The molecule has 1 aliphatic carbocycles. The topological polar surface area (TPSA) is 45.7 Å². The minimum atomic E-state index is -0.285. The number of hydrogen-bond donors (Lipinski definition) is 2. The Kier molecular flexibility index (Phi) is 9.69. The van der Waals surface area contributed by atoms with Crippen molar-refractivity contribution in [1.29, 1.82) is 0 Å². The molecule has 0 amide bonds. The van der Waals surface area contributed by atoms with E-state index in [1.807, 2.05) is 11.8 Å². The maximum absolute atomic E-state index is 13.0. The normalized spacial score (nSPS) is 20.7. The number of halogens is 2. The minimum Gasteiger partial charge on any atom is -0.492 e. The summed E-state index contributed by atoms with van der Waals surface area (Å²) in [6.07, 6.45) is 5.80. The Morgan fingerprint density at radius 3 is 2.91 bits per heavy atom. The number of ether oxygens (including phenoxy) is 1. The van der Waals surface area contributed by atoms with Gasteiger partial charge in [0.05, 0.1) is 6.54 Å². The highest BCUT2D eigenvalue weighted by molar-refractivity contribution is 14.0. The lowest BCUT2D eigenvalue weighted by atomic mass is 10.2. The molecule has 2 atom stereocenters. The third kappa shape index (κ3) is 7.15. The van der Waals surface area contributed by atoms with Gasteiger partial charge >= 0.3 is 0 Å². The SMILES string of the molecule is CN=C(NCCOc1cccc(F)c1)NC1CCC(SC)C1.I. The molecule has 0 aromatic heterocycles. The Morgan fingerprint density at radius 2 is 2.26 bits per heavy atom. The monoisotopic (exact) mass is 453 g/mol. The van der Waals surface area contributed by atoms with Crippen LogP contribution in [0, 0.1) is 5.82 Å². The molecule has 1 aromatic carbocycles. The van der Waals surface area contributed by atoms with Gasteiger partial charge in [-0.15, -0.1) is 24.0 Å². The second-order valence-corrected chi connectivity index (χ2v) is 6.45. The van der Waals surface area contributed by atoms with E-state index in [4.69, 9.17) is 4.74 Å². The first-order valence-electron chi connectivity index (χ1n) is 7.59. The lowest BCUT2D eigenvalue weighted by Gasteiger charge is -2.17. The Hall–Kier alpha value is -0.700. The van der Waals surface area contributed by atoms with Crippen molar-refractivity contribution in [2.75, 3.05) is 26.5 Å². The van der Waals surface area contributed by atoms with Crippen LogP contribution in [0.3, 0.4) is 0 Å². The van der Waals surface area contributed by atoms with Crippen LogP contribution in [0.4, 0.5) is 4.39 Å². The fourth-order valence-corrected chi connectivity index (χ4v) is 3.36. The lowest BCUT2D eigenvalue weighted by Crippen LogP contribution is -2.43. The zero-order chi connectivity index (χ0) is 15.8. The number of guanidine groups is 1. The molecule has 7 heteroatoms. The van der Waals surface area contributed by atoms with Crippen LogP contribution in [0.2, 0.25) is 0 Å². The van der Waals surface area contributed by atoms with E-state index in [1.54, 1.807) is 19.2 Å². The molecule has 0 spiro atoms. The summed E-state index contributed by atoms with van der Waals surface area (Å²) in [5.74, 6) is 1.06. The predicted octanol–water partition coefficient (Wildman–Crippen LogP) is 3.27. The van der Waals surface area contributed by atoms with Crippen LogP contribution in [-0.4, -0.2) is 43.7 Å². The molecule has 0 saturated heterocycles. The molecule has 0 bridgehead atoms. The minimum absolute atomic E-state index is 0. The fourth-order valence-electron chi connectivity index (χ4n) is 2.57. The Bertz CT molecular complexity index is 504. The average molecular weight is 453 g/mol. The Labute approximate surface area is 159 Å². The van der Waals surface area contributed by atoms with E-state index in [9.17, 15) is 4.39 Å². The van der Waals surface area contributed by atoms with E-state index < -0.39 is 0 Å². The number of hydrogen-bond acceptors (Lipinski definition) is 3. The van der Waals surface area contributed by atoms with Gasteiger partial charge in [-0.05, 0) is 37.7 Å². The molecule has 1 aromatic rings. The van der Waals surface area contributed by atoms with Crippen LogP contribution in [0.25, 0.3) is 0 Å². The summed E-state index contributed by atoms with van der Waals surface area (Å²) < 4.78 is 18.5. The van der Waals surface area contributed by atoms with Crippen molar-refractivity contribution in [3.8, 4) is 5.75 Å². The zero-order valence-corrected chi connectivity index (χ0v) is 16.7. The summed E-state index contributed by atoms with van der Waals surface area (Å²) in [4.78, 5) is 4.23. The van der Waals surface area contributed by atoms with Gasteiger partial charge in [-0.2, -0.15) is 11.8 Å². The molecular weight excluding hydrogens is 428 g/mol. The fraction of sp³-hybridized carbons (Fsp3) is 0.562. The van der Waals surface area contributed by atoms with E-state index in [0.29, 0.717) is 24.9 Å². The van der Waals surface area contributed by atoms with Gasteiger partial charge in [0.15, 0.2) is 5.96 Å². The van der Waals surface area contributed by atoms with Gasteiger partial charge < -0.3 is 15.4 Å². The van der Waals surface area contributed by atoms with Crippen molar-refractivity contribution in [2.45, 2.75) is 30.6 Å². The molecule has 0 heterocycles. The molecule has 130 valence electrons. The zero-order valence-electron chi connectivity index (χ0n) is 13.5. The van der Waals surface area contributed by atoms with Crippen LogP contribution in [0.5, 0.6) is 5.75 Å².